The molecule has 144 valence electrons. The third-order valence-electron chi connectivity index (χ3n) is 3.22. The van der Waals surface area contributed by atoms with E-state index in [1.54, 1.807) is 5.38 Å². The van der Waals surface area contributed by atoms with Crippen LogP contribution >= 0.6 is 22.9 Å². The van der Waals surface area contributed by atoms with Crippen molar-refractivity contribution in [3.63, 3.8) is 0 Å². The fraction of sp³-hybridized carbons (Fsp3) is 0.231. The summed E-state index contributed by atoms with van der Waals surface area (Å²) < 4.78 is 38.5. The molecule has 0 saturated carbocycles. The summed E-state index contributed by atoms with van der Waals surface area (Å²) in [5.74, 6) is -0.0894. The second-order valence-corrected chi connectivity index (χ2v) is 7.63. The lowest BCUT2D eigenvalue weighted by molar-refractivity contribution is 0.256. The number of alkyl halides is 1. The van der Waals surface area contributed by atoms with Crippen LogP contribution in [-0.4, -0.2) is 48.0 Å². The third kappa shape index (κ3) is 3.89. The minimum absolute atomic E-state index is 0.125. The maximum atomic E-state index is 12.7. The number of aromatic nitrogens is 4. The Kier molecular flexibility index (Phi) is 5.34. The van der Waals surface area contributed by atoms with Crippen LogP contribution in [-0.2, 0) is 15.9 Å². The number of nitrogens with zero attached hydrogens (tertiary/aromatic N) is 4. The molecule has 11 nitrogen and oxygen atoms in total. The largest absolute Gasteiger partial charge is 0.481 e. The number of thiazole rings is 1. The lowest BCUT2D eigenvalue weighted by atomic mass is 10.5. The Morgan fingerprint density at radius 3 is 2.52 bits per heavy atom. The molecule has 0 radical (unpaired) electrons. The lowest BCUT2D eigenvalue weighted by Gasteiger charge is -2.09. The van der Waals surface area contributed by atoms with E-state index in [1.165, 1.54) is 42.2 Å². The van der Waals surface area contributed by atoms with Gasteiger partial charge < -0.3 is 9.47 Å². The van der Waals surface area contributed by atoms with Crippen LogP contribution in [0.4, 0.5) is 10.7 Å². The van der Waals surface area contributed by atoms with Crippen molar-refractivity contribution in [1.29, 1.82) is 0 Å². The summed E-state index contributed by atoms with van der Waals surface area (Å²) in [5, 5.41) is 3.67. The first-order valence-corrected chi connectivity index (χ1v) is 10.1. The smallest absolute Gasteiger partial charge is 0.335 e. The number of anilines is 1. The van der Waals surface area contributed by atoms with Gasteiger partial charge >= 0.3 is 6.03 Å². The molecule has 3 heterocycles. The molecule has 0 saturated heterocycles. The lowest BCUT2D eigenvalue weighted by Crippen LogP contribution is -2.35. The Balaban J connectivity index is 1.85. The molecule has 0 aliphatic heterocycles. The van der Waals surface area contributed by atoms with Crippen LogP contribution in [0, 0.1) is 0 Å². The summed E-state index contributed by atoms with van der Waals surface area (Å²) in [6, 6.07) is 0.322. The minimum atomic E-state index is -4.26. The van der Waals surface area contributed by atoms with Gasteiger partial charge in [0.25, 0.3) is 10.0 Å². The highest BCUT2D eigenvalue weighted by Gasteiger charge is 2.27. The molecule has 0 bridgehead atoms. The predicted molar refractivity (Wildman–Crippen MR) is 97.1 cm³/mol. The molecule has 2 N–H and O–H groups in total. The molecule has 0 spiro atoms. The molecule has 3 rings (SSSR count). The number of nitrogens with one attached hydrogen (secondary N) is 2. The van der Waals surface area contributed by atoms with Crippen molar-refractivity contribution >= 4 is 49.9 Å². The SMILES string of the molecule is COc1cc(OC)nc(NC(=O)NS(=O)(=O)c2c(CCl)nc3sccn23)n1. The van der Waals surface area contributed by atoms with Crippen LogP contribution in [0.25, 0.3) is 4.96 Å². The number of hydrogen-bond donors (Lipinski definition) is 2. The zero-order valence-corrected chi connectivity index (χ0v) is 16.4. The summed E-state index contributed by atoms with van der Waals surface area (Å²) in [6.07, 6.45) is 1.52. The Hall–Kier alpha value is -2.64. The van der Waals surface area contributed by atoms with E-state index in [2.05, 4.69) is 20.3 Å². The molecule has 3 aromatic heterocycles. The number of carbonyl (C=O) groups excluding carboxylic acids is 1. The average Bonchev–Trinajstić information content (AvgIpc) is 3.20. The number of fused-ring (bicyclic) bond motifs is 1. The normalized spacial score (nSPS) is 11.4. The van der Waals surface area contributed by atoms with Crippen molar-refractivity contribution in [2.45, 2.75) is 10.9 Å². The number of amides is 2. The van der Waals surface area contributed by atoms with Crippen molar-refractivity contribution in [3.05, 3.63) is 23.3 Å². The van der Waals surface area contributed by atoms with Crippen molar-refractivity contribution in [1.82, 2.24) is 24.1 Å². The molecule has 14 heteroatoms. The minimum Gasteiger partial charge on any atom is -0.481 e. The van der Waals surface area contributed by atoms with E-state index < -0.39 is 16.1 Å². The number of hydrogen-bond acceptors (Lipinski definition) is 9. The Morgan fingerprint density at radius 1 is 1.26 bits per heavy atom. The van der Waals surface area contributed by atoms with Crippen molar-refractivity contribution in [2.75, 3.05) is 19.5 Å². The number of ether oxygens (including phenoxy) is 2. The van der Waals surface area contributed by atoms with E-state index >= 15 is 0 Å². The zero-order valence-electron chi connectivity index (χ0n) is 14.0. The average molecular weight is 433 g/mol. The molecular formula is C13H13ClN6O5S2. The van der Waals surface area contributed by atoms with Crippen LogP contribution in [0.3, 0.4) is 0 Å². The van der Waals surface area contributed by atoms with E-state index in [-0.39, 0.29) is 34.3 Å². The first-order valence-electron chi connectivity index (χ1n) is 7.19. The van der Waals surface area contributed by atoms with Gasteiger partial charge in [-0.3, -0.25) is 9.72 Å². The van der Waals surface area contributed by atoms with Gasteiger partial charge in [-0.2, -0.15) is 18.4 Å². The van der Waals surface area contributed by atoms with Crippen LogP contribution in [0.5, 0.6) is 11.8 Å². The van der Waals surface area contributed by atoms with E-state index in [0.717, 1.165) is 0 Å². The summed E-state index contributed by atoms with van der Waals surface area (Å²) >= 11 is 7.02. The van der Waals surface area contributed by atoms with Crippen LogP contribution < -0.4 is 19.5 Å². The fourth-order valence-electron chi connectivity index (χ4n) is 2.15. The van der Waals surface area contributed by atoms with Gasteiger partial charge in [-0.05, 0) is 0 Å². The highest BCUT2D eigenvalue weighted by Crippen LogP contribution is 2.23. The maximum Gasteiger partial charge on any atom is 0.335 e. The molecule has 0 fully saturated rings. The van der Waals surface area contributed by atoms with E-state index in [0.29, 0.717) is 4.96 Å². The molecule has 3 aromatic rings. The van der Waals surface area contributed by atoms with E-state index in [4.69, 9.17) is 21.1 Å². The standard InChI is InChI=1S/C13H13ClN6O5S2/c1-24-8-5-9(25-2)17-11(16-8)18-12(21)19-27(22,23)10-7(6-14)15-13-20(10)3-4-26-13/h3-5H,6H2,1-2H3,(H2,16,17,18,19,21). The molecule has 2 amide bonds. The van der Waals surface area contributed by atoms with E-state index in [9.17, 15) is 13.2 Å². The molecule has 0 unspecified atom stereocenters. The topological polar surface area (TPSA) is 137 Å². The molecular weight excluding hydrogens is 420 g/mol. The zero-order chi connectivity index (χ0) is 19.6. The number of halogens is 1. The number of carbonyl (C=O) groups is 1. The van der Waals surface area contributed by atoms with Gasteiger partial charge in [0, 0.05) is 11.6 Å². The summed E-state index contributed by atoms with van der Waals surface area (Å²) in [7, 11) is -1.52. The highest BCUT2D eigenvalue weighted by molar-refractivity contribution is 7.90. The Bertz CT molecular complexity index is 1070. The van der Waals surface area contributed by atoms with Crippen molar-refractivity contribution < 1.29 is 22.7 Å². The molecule has 27 heavy (non-hydrogen) atoms. The Labute approximate surface area is 162 Å². The van der Waals surface area contributed by atoms with Crippen LogP contribution in [0.2, 0.25) is 0 Å². The molecule has 0 atom stereocenters. The number of sulfonamides is 1. The second-order valence-electron chi connectivity index (χ2n) is 4.89. The summed E-state index contributed by atoms with van der Waals surface area (Å²) in [5.41, 5.74) is 0.128. The third-order valence-corrected chi connectivity index (χ3v) is 5.62. The number of imidazole rings is 1. The van der Waals surface area contributed by atoms with Gasteiger partial charge in [-0.15, -0.1) is 22.9 Å². The van der Waals surface area contributed by atoms with Gasteiger partial charge in [0.15, 0.2) is 9.99 Å². The summed E-state index contributed by atoms with van der Waals surface area (Å²) in [4.78, 5) is 24.5. The number of rotatable bonds is 6. The Morgan fingerprint density at radius 2 is 1.93 bits per heavy atom. The molecule has 0 aliphatic carbocycles. The van der Waals surface area contributed by atoms with Gasteiger partial charge in [0.2, 0.25) is 17.7 Å². The van der Waals surface area contributed by atoms with Gasteiger partial charge in [0.05, 0.1) is 31.9 Å². The predicted octanol–water partition coefficient (Wildman–Crippen LogP) is 1.45. The van der Waals surface area contributed by atoms with Crippen LogP contribution in [0.1, 0.15) is 5.69 Å². The second kappa shape index (κ2) is 7.54. The first kappa shape index (κ1) is 19.1. The number of methoxy groups -OCH3 is 2. The molecule has 0 aromatic carbocycles. The molecule has 0 aliphatic rings. The van der Waals surface area contributed by atoms with Gasteiger partial charge in [0.1, 0.15) is 0 Å². The fourth-order valence-corrected chi connectivity index (χ4v) is 4.43. The summed E-state index contributed by atoms with van der Waals surface area (Å²) in [6.45, 7) is 0. The monoisotopic (exact) mass is 432 g/mol. The van der Waals surface area contributed by atoms with Gasteiger partial charge in [-0.25, -0.2) is 14.5 Å². The first-order chi connectivity index (χ1) is 12.9. The van der Waals surface area contributed by atoms with Crippen LogP contribution in [0.15, 0.2) is 22.7 Å². The van der Waals surface area contributed by atoms with Crippen molar-refractivity contribution in [3.8, 4) is 11.8 Å². The maximum absolute atomic E-state index is 12.7. The highest BCUT2D eigenvalue weighted by atomic mass is 35.5. The van der Waals surface area contributed by atoms with E-state index in [1.807, 2.05) is 4.72 Å². The van der Waals surface area contributed by atoms with Gasteiger partial charge in [-0.1, -0.05) is 0 Å². The van der Waals surface area contributed by atoms with Crippen molar-refractivity contribution in [2.24, 2.45) is 0 Å². The number of urea groups is 1. The quantitative estimate of drug-likeness (QED) is 0.558.